The third-order valence-corrected chi connectivity index (χ3v) is 9.49. The minimum absolute atomic E-state index is 0.176. The Hall–Kier alpha value is -3.34. The second-order valence-corrected chi connectivity index (χ2v) is 12.1. The number of methoxy groups -OCH3 is 1. The van der Waals surface area contributed by atoms with Gasteiger partial charge in [-0.05, 0) is 86.5 Å². The van der Waals surface area contributed by atoms with Gasteiger partial charge in [0.25, 0.3) is 5.56 Å². The monoisotopic (exact) mass is 759 g/mol. The lowest BCUT2D eigenvalue weighted by atomic mass is 10.2. The molecule has 0 saturated carbocycles. The quantitative estimate of drug-likeness (QED) is 0.151. The van der Waals surface area contributed by atoms with Crippen LogP contribution >= 0.6 is 66.7 Å². The molecule has 0 atom stereocenters. The maximum atomic E-state index is 13.7. The van der Waals surface area contributed by atoms with Gasteiger partial charge in [0.1, 0.15) is 12.2 Å². The van der Waals surface area contributed by atoms with E-state index in [1.165, 1.54) is 18.0 Å². The summed E-state index contributed by atoms with van der Waals surface area (Å²) in [5.74, 6) is 1.47. The second-order valence-electron chi connectivity index (χ2n) is 9.26. The van der Waals surface area contributed by atoms with Crippen LogP contribution in [0.1, 0.15) is 11.1 Å². The Bertz CT molecular complexity index is 2130. The van der Waals surface area contributed by atoms with Crippen molar-refractivity contribution in [3.63, 3.8) is 0 Å². The van der Waals surface area contributed by atoms with Crippen molar-refractivity contribution in [1.82, 2.24) is 9.66 Å². The molecule has 0 saturated heterocycles. The van der Waals surface area contributed by atoms with Gasteiger partial charge in [-0.2, -0.15) is 9.78 Å². The summed E-state index contributed by atoms with van der Waals surface area (Å²) < 4.78 is 20.2. The zero-order valence-electron chi connectivity index (χ0n) is 22.1. The van der Waals surface area contributed by atoms with Gasteiger partial charge >= 0.3 is 0 Å². The Labute approximate surface area is 276 Å². The first-order chi connectivity index (χ1) is 20.7. The molecule has 0 aliphatic carbocycles. The van der Waals surface area contributed by atoms with Crippen molar-refractivity contribution >= 4 is 94.7 Å². The molecular formula is C31H18Br2Cl3N3O4. The van der Waals surface area contributed by atoms with Crippen LogP contribution in [0.4, 0.5) is 0 Å². The third-order valence-electron chi connectivity index (χ3n) is 6.53. The van der Waals surface area contributed by atoms with Crippen LogP contribution in [-0.4, -0.2) is 23.0 Å². The van der Waals surface area contributed by atoms with Crippen molar-refractivity contribution in [3.8, 4) is 23.1 Å². The first-order valence-corrected chi connectivity index (χ1v) is 15.3. The van der Waals surface area contributed by atoms with Gasteiger partial charge in [-0.25, -0.2) is 4.98 Å². The number of ether oxygens (including phenoxy) is 2. The molecule has 0 fully saturated rings. The average Bonchev–Trinajstić information content (AvgIpc) is 3.42. The van der Waals surface area contributed by atoms with Gasteiger partial charge < -0.3 is 13.9 Å². The lowest BCUT2D eigenvalue weighted by molar-refractivity contribution is 0.282. The lowest BCUT2D eigenvalue weighted by Gasteiger charge is -2.16. The summed E-state index contributed by atoms with van der Waals surface area (Å²) in [7, 11) is 1.53. The van der Waals surface area contributed by atoms with Crippen LogP contribution in [0.3, 0.4) is 0 Å². The number of fused-ring (bicyclic) bond motifs is 2. The van der Waals surface area contributed by atoms with Crippen molar-refractivity contribution in [1.29, 1.82) is 0 Å². The van der Waals surface area contributed by atoms with Gasteiger partial charge in [-0.15, -0.1) is 0 Å². The highest BCUT2D eigenvalue weighted by atomic mass is 79.9. The third kappa shape index (κ3) is 5.92. The van der Waals surface area contributed by atoms with Crippen molar-refractivity contribution < 1.29 is 13.9 Å². The van der Waals surface area contributed by atoms with Gasteiger partial charge in [0.05, 0.1) is 28.7 Å². The molecule has 43 heavy (non-hydrogen) atoms. The van der Waals surface area contributed by atoms with Crippen LogP contribution in [0.5, 0.6) is 11.5 Å². The van der Waals surface area contributed by atoms with Crippen LogP contribution in [0.25, 0.3) is 33.5 Å². The SMILES string of the molecule is COc1cc(C=Nn2c(-c3cc4cc(Cl)ccc4o3)nc3ccccc3c2=O)c(Br)c(Br)c1OCc1ccc(Cl)cc1Cl. The maximum Gasteiger partial charge on any atom is 0.282 e. The van der Waals surface area contributed by atoms with Gasteiger partial charge in [0.2, 0.25) is 5.82 Å². The molecule has 0 aliphatic rings. The predicted molar refractivity (Wildman–Crippen MR) is 178 cm³/mol. The highest BCUT2D eigenvalue weighted by Crippen LogP contribution is 2.43. The fourth-order valence-corrected chi connectivity index (χ4v) is 5.99. The van der Waals surface area contributed by atoms with E-state index >= 15 is 0 Å². The van der Waals surface area contributed by atoms with E-state index in [-0.39, 0.29) is 18.0 Å². The van der Waals surface area contributed by atoms with E-state index < -0.39 is 0 Å². The number of halogens is 5. The molecule has 6 aromatic rings. The molecule has 0 amide bonds. The Kier molecular flexibility index (Phi) is 8.53. The topological polar surface area (TPSA) is 78.9 Å². The Morgan fingerprint density at radius 1 is 0.977 bits per heavy atom. The fraction of sp³-hybridized carbons (Fsp3) is 0.0645. The van der Waals surface area contributed by atoms with Crippen LogP contribution in [0.2, 0.25) is 15.1 Å². The van der Waals surface area contributed by atoms with E-state index in [0.29, 0.717) is 63.3 Å². The summed E-state index contributed by atoms with van der Waals surface area (Å²) in [4.78, 5) is 18.4. The molecule has 0 bridgehead atoms. The first kappa shape index (κ1) is 29.7. The normalized spacial score (nSPS) is 11.6. The number of benzene rings is 4. The zero-order valence-corrected chi connectivity index (χ0v) is 27.5. The number of nitrogens with zero attached hydrogens (tertiary/aromatic N) is 3. The predicted octanol–water partition coefficient (Wildman–Crippen LogP) is 9.76. The lowest BCUT2D eigenvalue weighted by Crippen LogP contribution is -2.20. The number of aromatic nitrogens is 2. The first-order valence-electron chi connectivity index (χ1n) is 12.6. The standard InChI is InChI=1S/C31H18Br2Cl3N3O4/c1-41-25-12-18(27(32)28(33)29(25)42-15-16-6-7-20(35)13-22(16)36)14-37-39-30(38-23-5-3-2-4-21(23)31(39)40)26-11-17-10-19(34)8-9-24(17)43-26/h2-14H,15H2,1H3. The summed E-state index contributed by atoms with van der Waals surface area (Å²) in [5.41, 5.74) is 2.11. The smallest absolute Gasteiger partial charge is 0.282 e. The summed E-state index contributed by atoms with van der Waals surface area (Å²) >= 11 is 25.7. The molecule has 4 aromatic carbocycles. The number of para-hydroxylation sites is 1. The molecule has 0 radical (unpaired) electrons. The van der Waals surface area contributed by atoms with E-state index in [1.807, 2.05) is 6.07 Å². The van der Waals surface area contributed by atoms with Gasteiger partial charge in [0, 0.05) is 36.1 Å². The van der Waals surface area contributed by atoms with E-state index in [1.54, 1.807) is 66.7 Å². The molecule has 0 aliphatic heterocycles. The molecule has 0 N–H and O–H groups in total. The van der Waals surface area contributed by atoms with E-state index in [4.69, 9.17) is 53.7 Å². The fourth-order valence-electron chi connectivity index (χ4n) is 4.41. The van der Waals surface area contributed by atoms with Crippen molar-refractivity contribution in [3.05, 3.63) is 118 Å². The molecule has 12 heteroatoms. The number of furan rings is 1. The molecule has 6 rings (SSSR count). The van der Waals surface area contributed by atoms with Crippen LogP contribution in [-0.2, 0) is 6.61 Å². The molecule has 0 unspecified atom stereocenters. The summed E-state index contributed by atoms with van der Waals surface area (Å²) in [5, 5.41) is 7.33. The van der Waals surface area contributed by atoms with Gasteiger partial charge in [-0.1, -0.05) is 53.0 Å². The maximum absolute atomic E-state index is 13.7. The zero-order chi connectivity index (χ0) is 30.2. The molecule has 2 heterocycles. The van der Waals surface area contributed by atoms with E-state index in [2.05, 4.69) is 37.0 Å². The Balaban J connectivity index is 1.42. The Morgan fingerprint density at radius 2 is 1.74 bits per heavy atom. The molecule has 7 nitrogen and oxygen atoms in total. The largest absolute Gasteiger partial charge is 0.493 e. The van der Waals surface area contributed by atoms with E-state index in [9.17, 15) is 4.79 Å². The summed E-state index contributed by atoms with van der Waals surface area (Å²) in [6.07, 6.45) is 1.53. The highest BCUT2D eigenvalue weighted by Gasteiger charge is 2.19. The van der Waals surface area contributed by atoms with E-state index in [0.717, 1.165) is 10.9 Å². The average molecular weight is 763 g/mol. The number of hydrogen-bond donors (Lipinski definition) is 0. The number of rotatable bonds is 7. The number of hydrogen-bond acceptors (Lipinski definition) is 6. The van der Waals surface area contributed by atoms with Gasteiger partial charge in [-0.3, -0.25) is 4.79 Å². The highest BCUT2D eigenvalue weighted by molar-refractivity contribution is 9.13. The molecule has 216 valence electrons. The summed E-state index contributed by atoms with van der Waals surface area (Å²) in [6, 6.07) is 21.0. The minimum atomic E-state index is -0.364. The van der Waals surface area contributed by atoms with Crippen molar-refractivity contribution in [2.75, 3.05) is 7.11 Å². The molecule has 0 spiro atoms. The van der Waals surface area contributed by atoms with Crippen molar-refractivity contribution in [2.45, 2.75) is 6.61 Å². The Morgan fingerprint density at radius 3 is 2.53 bits per heavy atom. The second kappa shape index (κ2) is 12.3. The summed E-state index contributed by atoms with van der Waals surface area (Å²) in [6.45, 7) is 0.176. The van der Waals surface area contributed by atoms with Crippen LogP contribution < -0.4 is 15.0 Å². The minimum Gasteiger partial charge on any atom is -0.493 e. The van der Waals surface area contributed by atoms with Crippen LogP contribution in [0.15, 0.2) is 96.1 Å². The molecular weight excluding hydrogens is 745 g/mol. The van der Waals surface area contributed by atoms with Gasteiger partial charge in [0.15, 0.2) is 17.3 Å². The van der Waals surface area contributed by atoms with Crippen molar-refractivity contribution in [2.24, 2.45) is 5.10 Å². The van der Waals surface area contributed by atoms with Crippen LogP contribution in [0, 0.1) is 0 Å². The molecule has 2 aromatic heterocycles.